The number of carbonyl (C=O) groups is 1. The number of rotatable bonds is 10. The van der Waals surface area contributed by atoms with E-state index in [1.54, 1.807) is 0 Å². The van der Waals surface area contributed by atoms with Crippen molar-refractivity contribution >= 4 is 26.0 Å². The van der Waals surface area contributed by atoms with E-state index >= 15 is 0 Å². The summed E-state index contributed by atoms with van der Waals surface area (Å²) in [4.78, 5) is 12.6. The first-order chi connectivity index (χ1) is 14.7. The van der Waals surface area contributed by atoms with Crippen molar-refractivity contribution in [3.63, 3.8) is 0 Å². The number of carbonyl (C=O) groups excluding carboxylic acids is 1. The van der Waals surface area contributed by atoms with Crippen molar-refractivity contribution in [2.45, 2.75) is 60.0 Å². The first-order valence-corrected chi connectivity index (χ1v) is 13.2. The third kappa shape index (κ3) is 5.91. The molecule has 2 saturated carbocycles. The van der Waals surface area contributed by atoms with Crippen molar-refractivity contribution in [1.82, 2.24) is 14.8 Å². The van der Waals surface area contributed by atoms with Crippen LogP contribution in [0, 0.1) is 0 Å². The van der Waals surface area contributed by atoms with Crippen LogP contribution >= 0.6 is 0 Å². The molecule has 0 spiro atoms. The summed E-state index contributed by atoms with van der Waals surface area (Å²) >= 11 is 0. The minimum Gasteiger partial charge on any atom is -0.352 e. The van der Waals surface area contributed by atoms with E-state index in [1.165, 1.54) is 24.3 Å². The van der Waals surface area contributed by atoms with E-state index in [-0.39, 0.29) is 34.2 Å². The summed E-state index contributed by atoms with van der Waals surface area (Å²) in [5.41, 5.74) is 0.828. The fourth-order valence-corrected chi connectivity index (χ4v) is 5.61. The van der Waals surface area contributed by atoms with E-state index in [2.05, 4.69) is 14.8 Å². The molecule has 2 aromatic rings. The number of hydrogen-bond donors (Lipinski definition) is 3. The van der Waals surface area contributed by atoms with Crippen LogP contribution < -0.4 is 14.8 Å². The Morgan fingerprint density at radius 3 is 1.90 bits per heavy atom. The average molecular weight is 464 g/mol. The smallest absolute Gasteiger partial charge is 0.241 e. The molecule has 0 radical (unpaired) electrons. The Bertz CT molecular complexity index is 1140. The number of nitrogens with one attached hydrogen (secondary N) is 3. The Labute approximate surface area is 182 Å². The zero-order chi connectivity index (χ0) is 22.1. The van der Waals surface area contributed by atoms with Gasteiger partial charge in [0.1, 0.15) is 6.04 Å². The fourth-order valence-electron chi connectivity index (χ4n) is 3.11. The van der Waals surface area contributed by atoms with Gasteiger partial charge in [-0.1, -0.05) is 30.3 Å². The second-order valence-electron chi connectivity index (χ2n) is 8.01. The van der Waals surface area contributed by atoms with Crippen LogP contribution in [0.1, 0.15) is 31.2 Å². The van der Waals surface area contributed by atoms with Gasteiger partial charge in [-0.05, 0) is 61.9 Å². The Morgan fingerprint density at radius 2 is 1.35 bits per heavy atom. The quantitative estimate of drug-likeness (QED) is 0.490. The first kappa shape index (κ1) is 21.9. The molecule has 4 rings (SSSR count). The van der Waals surface area contributed by atoms with Gasteiger partial charge in [-0.15, -0.1) is 0 Å². The van der Waals surface area contributed by atoms with Crippen LogP contribution in [0.4, 0.5) is 0 Å². The predicted molar refractivity (Wildman–Crippen MR) is 115 cm³/mol. The van der Waals surface area contributed by atoms with Crippen LogP contribution in [0.3, 0.4) is 0 Å². The molecule has 0 bridgehead atoms. The minimum absolute atomic E-state index is 0.00524. The summed E-state index contributed by atoms with van der Waals surface area (Å²) in [7, 11) is -7.71. The van der Waals surface area contributed by atoms with Gasteiger partial charge in [0.15, 0.2) is 0 Å². The lowest BCUT2D eigenvalue weighted by molar-refractivity contribution is -0.122. The molecule has 1 atom stereocenters. The van der Waals surface area contributed by atoms with Crippen molar-refractivity contribution < 1.29 is 21.6 Å². The molecule has 2 fully saturated rings. The summed E-state index contributed by atoms with van der Waals surface area (Å²) in [6, 6.07) is 13.2. The highest BCUT2D eigenvalue weighted by molar-refractivity contribution is 7.90. The monoisotopic (exact) mass is 463 g/mol. The number of benzene rings is 2. The maximum atomic E-state index is 12.9. The van der Waals surface area contributed by atoms with Crippen LogP contribution in [0.2, 0.25) is 0 Å². The van der Waals surface area contributed by atoms with Gasteiger partial charge < -0.3 is 5.32 Å². The lowest BCUT2D eigenvalue weighted by Gasteiger charge is -2.19. The Kier molecular flexibility index (Phi) is 6.16. The van der Waals surface area contributed by atoms with Crippen LogP contribution in [-0.4, -0.2) is 40.9 Å². The molecule has 2 aliphatic rings. The molecule has 0 saturated heterocycles. The lowest BCUT2D eigenvalue weighted by Crippen LogP contribution is -2.48. The van der Waals surface area contributed by atoms with Gasteiger partial charge in [0.2, 0.25) is 26.0 Å². The van der Waals surface area contributed by atoms with Gasteiger partial charge in [-0.3, -0.25) is 4.79 Å². The summed E-state index contributed by atoms with van der Waals surface area (Å²) < 4.78 is 55.5. The highest BCUT2D eigenvalue weighted by Crippen LogP contribution is 2.23. The van der Waals surface area contributed by atoms with E-state index in [4.69, 9.17) is 0 Å². The molecule has 3 N–H and O–H groups in total. The van der Waals surface area contributed by atoms with Gasteiger partial charge >= 0.3 is 0 Å². The van der Waals surface area contributed by atoms with Gasteiger partial charge in [-0.25, -0.2) is 21.6 Å². The SMILES string of the molecule is O=C(NC1CC1)C(Cc1ccccc1)NS(=O)(=O)c1ccc(S(=O)(=O)NC2CC2)cc1. The van der Waals surface area contributed by atoms with Crippen LogP contribution in [0.15, 0.2) is 64.4 Å². The average Bonchev–Trinajstić information content (AvgIpc) is 3.66. The van der Waals surface area contributed by atoms with Crippen molar-refractivity contribution in [3.8, 4) is 0 Å². The fraction of sp³-hybridized carbons (Fsp3) is 0.381. The second-order valence-corrected chi connectivity index (χ2v) is 11.4. The van der Waals surface area contributed by atoms with Crippen molar-refractivity contribution in [3.05, 3.63) is 60.2 Å². The van der Waals surface area contributed by atoms with Crippen LogP contribution in [-0.2, 0) is 31.3 Å². The second kappa shape index (κ2) is 8.70. The topological polar surface area (TPSA) is 121 Å². The Morgan fingerprint density at radius 1 is 0.806 bits per heavy atom. The lowest BCUT2D eigenvalue weighted by atomic mass is 10.1. The molecule has 166 valence electrons. The zero-order valence-electron chi connectivity index (χ0n) is 16.8. The van der Waals surface area contributed by atoms with E-state index in [1.807, 2.05) is 30.3 Å². The standard InChI is InChI=1S/C21H25N3O5S2/c25-21(22-16-6-7-16)20(14-15-4-2-1-3-5-15)24-31(28,29)19-12-10-18(11-13-19)30(26,27)23-17-8-9-17/h1-5,10-13,16-17,20,23-24H,6-9,14H2,(H,22,25). The zero-order valence-corrected chi connectivity index (χ0v) is 18.5. The summed E-state index contributed by atoms with van der Waals surface area (Å²) in [6.45, 7) is 0. The highest BCUT2D eigenvalue weighted by atomic mass is 32.2. The maximum absolute atomic E-state index is 12.9. The summed E-state index contributed by atoms with van der Waals surface area (Å²) in [5, 5.41) is 2.85. The third-order valence-electron chi connectivity index (χ3n) is 5.16. The third-order valence-corrected chi connectivity index (χ3v) is 8.19. The maximum Gasteiger partial charge on any atom is 0.241 e. The predicted octanol–water partition coefficient (Wildman–Crippen LogP) is 1.30. The molecule has 0 aromatic heterocycles. The van der Waals surface area contributed by atoms with Gasteiger partial charge in [-0.2, -0.15) is 4.72 Å². The summed E-state index contributed by atoms with van der Waals surface area (Å²) in [5.74, 6) is -0.372. The molecule has 0 heterocycles. The molecule has 1 unspecified atom stereocenters. The minimum atomic E-state index is -4.04. The molecule has 8 nitrogen and oxygen atoms in total. The Hall–Kier alpha value is -2.27. The van der Waals surface area contributed by atoms with E-state index in [9.17, 15) is 21.6 Å². The Balaban J connectivity index is 1.51. The van der Waals surface area contributed by atoms with Crippen LogP contribution in [0.5, 0.6) is 0 Å². The largest absolute Gasteiger partial charge is 0.352 e. The first-order valence-electron chi connectivity index (χ1n) is 10.2. The molecular formula is C21H25N3O5S2. The molecular weight excluding hydrogens is 438 g/mol. The number of amides is 1. The highest BCUT2D eigenvalue weighted by Gasteiger charge is 2.31. The van der Waals surface area contributed by atoms with Crippen molar-refractivity contribution in [1.29, 1.82) is 0 Å². The van der Waals surface area contributed by atoms with E-state index < -0.39 is 26.1 Å². The normalized spacial score (nSPS) is 17.8. The van der Waals surface area contributed by atoms with E-state index in [0.29, 0.717) is 0 Å². The van der Waals surface area contributed by atoms with Gasteiger partial charge in [0, 0.05) is 12.1 Å². The van der Waals surface area contributed by atoms with Crippen LogP contribution in [0.25, 0.3) is 0 Å². The molecule has 2 aliphatic carbocycles. The summed E-state index contributed by atoms with van der Waals surface area (Å²) in [6.07, 6.45) is 3.60. The van der Waals surface area contributed by atoms with E-state index in [0.717, 1.165) is 31.2 Å². The van der Waals surface area contributed by atoms with Gasteiger partial charge in [0.05, 0.1) is 9.79 Å². The molecule has 10 heteroatoms. The molecule has 2 aromatic carbocycles. The van der Waals surface area contributed by atoms with Crippen molar-refractivity contribution in [2.24, 2.45) is 0 Å². The van der Waals surface area contributed by atoms with Gasteiger partial charge in [0.25, 0.3) is 0 Å². The molecule has 0 aliphatic heterocycles. The van der Waals surface area contributed by atoms with Crippen molar-refractivity contribution in [2.75, 3.05) is 0 Å². The molecule has 31 heavy (non-hydrogen) atoms. The number of hydrogen-bond acceptors (Lipinski definition) is 5. The molecule has 1 amide bonds. The number of sulfonamides is 2.